The van der Waals surface area contributed by atoms with Crippen molar-refractivity contribution in [1.29, 1.82) is 0 Å². The monoisotopic (exact) mass is 342 g/mol. The Kier molecular flexibility index (Phi) is 3.69. The molecule has 4 aliphatic carbocycles. The summed E-state index contributed by atoms with van der Waals surface area (Å²) in [5, 5.41) is 0. The molecule has 0 saturated heterocycles. The zero-order chi connectivity index (χ0) is 18.1. The fourth-order valence-corrected chi connectivity index (χ4v) is 7.49. The summed E-state index contributed by atoms with van der Waals surface area (Å²) in [6, 6.07) is 0. The maximum absolute atomic E-state index is 13.4. The standard InChI is InChI=1S/C22H30O3/c1-12-9-15-17-6-5-16(13(2)23)22(17,4)11-19(25)20(15)21(3)8-7-14(24)10-18(12)21/h10,12,15-17,20H,5-9,11H2,1-4H3/t12-,15+,16-,17+,20-,21+,22-/m1/s1. The molecule has 0 heterocycles. The number of carbonyl (C=O) groups excluding carboxylic acids is 3. The molecule has 4 rings (SSSR count). The average molecular weight is 342 g/mol. The van der Waals surface area contributed by atoms with Gasteiger partial charge in [-0.25, -0.2) is 0 Å². The van der Waals surface area contributed by atoms with Gasteiger partial charge in [-0.15, -0.1) is 0 Å². The molecule has 3 heteroatoms. The van der Waals surface area contributed by atoms with Crippen LogP contribution in [0.3, 0.4) is 0 Å². The van der Waals surface area contributed by atoms with Gasteiger partial charge in [-0.3, -0.25) is 14.4 Å². The van der Waals surface area contributed by atoms with Gasteiger partial charge in [-0.2, -0.15) is 0 Å². The molecule has 4 aliphatic rings. The second-order valence-corrected chi connectivity index (χ2v) is 9.76. The largest absolute Gasteiger partial charge is 0.300 e. The molecule has 0 unspecified atom stereocenters. The van der Waals surface area contributed by atoms with Crippen molar-refractivity contribution >= 4 is 17.3 Å². The van der Waals surface area contributed by atoms with Gasteiger partial charge in [0.15, 0.2) is 5.78 Å². The van der Waals surface area contributed by atoms with Crippen LogP contribution in [0.2, 0.25) is 0 Å². The lowest BCUT2D eigenvalue weighted by atomic mass is 9.45. The second-order valence-electron chi connectivity index (χ2n) is 9.76. The third-order valence-corrected chi connectivity index (χ3v) is 8.46. The number of hydrogen-bond donors (Lipinski definition) is 0. The molecule has 0 amide bonds. The summed E-state index contributed by atoms with van der Waals surface area (Å²) in [6.45, 7) is 8.37. The Morgan fingerprint density at radius 2 is 1.92 bits per heavy atom. The molecule has 0 spiro atoms. The number of carbonyl (C=O) groups is 3. The zero-order valence-corrected chi connectivity index (χ0v) is 15.9. The number of fused-ring (bicyclic) bond motifs is 5. The van der Waals surface area contributed by atoms with E-state index in [1.54, 1.807) is 6.92 Å². The third-order valence-electron chi connectivity index (χ3n) is 8.46. The molecule has 0 N–H and O–H groups in total. The second kappa shape index (κ2) is 5.37. The van der Waals surface area contributed by atoms with E-state index in [-0.39, 0.29) is 34.2 Å². The van der Waals surface area contributed by atoms with Crippen LogP contribution < -0.4 is 0 Å². The molecule has 3 fully saturated rings. The van der Waals surface area contributed by atoms with E-state index in [1.807, 2.05) is 6.08 Å². The maximum atomic E-state index is 13.4. The van der Waals surface area contributed by atoms with E-state index >= 15 is 0 Å². The summed E-state index contributed by atoms with van der Waals surface area (Å²) in [4.78, 5) is 37.6. The topological polar surface area (TPSA) is 51.2 Å². The van der Waals surface area contributed by atoms with Crippen LogP contribution in [0.15, 0.2) is 11.6 Å². The van der Waals surface area contributed by atoms with Gasteiger partial charge in [0, 0.05) is 24.7 Å². The van der Waals surface area contributed by atoms with E-state index in [4.69, 9.17) is 0 Å². The number of allylic oxidation sites excluding steroid dienone is 1. The molecule has 0 aromatic carbocycles. The molecule has 136 valence electrons. The van der Waals surface area contributed by atoms with Gasteiger partial charge in [0.05, 0.1) is 0 Å². The molecular formula is C22H30O3. The summed E-state index contributed by atoms with van der Waals surface area (Å²) in [5.74, 6) is 2.15. The summed E-state index contributed by atoms with van der Waals surface area (Å²) in [6.07, 6.45) is 6.81. The number of ketones is 3. The maximum Gasteiger partial charge on any atom is 0.155 e. The van der Waals surface area contributed by atoms with Crippen molar-refractivity contribution in [1.82, 2.24) is 0 Å². The van der Waals surface area contributed by atoms with Crippen molar-refractivity contribution in [3.63, 3.8) is 0 Å². The van der Waals surface area contributed by atoms with Crippen molar-refractivity contribution < 1.29 is 14.4 Å². The fraction of sp³-hybridized carbons (Fsp3) is 0.773. The van der Waals surface area contributed by atoms with Crippen LogP contribution in [-0.4, -0.2) is 17.3 Å². The van der Waals surface area contributed by atoms with Crippen molar-refractivity contribution in [3.05, 3.63) is 11.6 Å². The highest BCUT2D eigenvalue weighted by Crippen LogP contribution is 2.66. The van der Waals surface area contributed by atoms with Crippen molar-refractivity contribution in [2.24, 2.45) is 40.4 Å². The Balaban J connectivity index is 1.77. The molecular weight excluding hydrogens is 312 g/mol. The van der Waals surface area contributed by atoms with E-state index in [1.165, 1.54) is 5.57 Å². The lowest BCUT2D eigenvalue weighted by molar-refractivity contribution is -0.149. The van der Waals surface area contributed by atoms with Crippen molar-refractivity contribution in [2.45, 2.75) is 66.2 Å². The minimum atomic E-state index is -0.150. The predicted molar refractivity (Wildman–Crippen MR) is 95.8 cm³/mol. The lowest BCUT2D eigenvalue weighted by Gasteiger charge is -2.58. The predicted octanol–water partition coefficient (Wildman–Crippen LogP) is 4.15. The van der Waals surface area contributed by atoms with E-state index in [0.29, 0.717) is 36.4 Å². The van der Waals surface area contributed by atoms with E-state index in [0.717, 1.165) is 25.7 Å². The average Bonchev–Trinajstić information content (AvgIpc) is 2.85. The van der Waals surface area contributed by atoms with Crippen molar-refractivity contribution in [3.8, 4) is 0 Å². The Morgan fingerprint density at radius 3 is 2.60 bits per heavy atom. The van der Waals surface area contributed by atoms with Gasteiger partial charge in [-0.1, -0.05) is 26.3 Å². The molecule has 0 aliphatic heterocycles. The van der Waals surface area contributed by atoms with Crippen LogP contribution in [0.4, 0.5) is 0 Å². The van der Waals surface area contributed by atoms with Gasteiger partial charge in [0.1, 0.15) is 11.6 Å². The molecule has 3 saturated carbocycles. The van der Waals surface area contributed by atoms with Gasteiger partial charge in [-0.05, 0) is 67.3 Å². The van der Waals surface area contributed by atoms with E-state index in [9.17, 15) is 14.4 Å². The summed E-state index contributed by atoms with van der Waals surface area (Å²) >= 11 is 0. The first-order valence-corrected chi connectivity index (χ1v) is 9.96. The zero-order valence-electron chi connectivity index (χ0n) is 15.9. The molecule has 25 heavy (non-hydrogen) atoms. The summed E-state index contributed by atoms with van der Waals surface area (Å²) in [7, 11) is 0. The first-order chi connectivity index (χ1) is 11.7. The Morgan fingerprint density at radius 1 is 1.20 bits per heavy atom. The van der Waals surface area contributed by atoms with E-state index in [2.05, 4.69) is 20.8 Å². The summed E-state index contributed by atoms with van der Waals surface area (Å²) in [5.41, 5.74) is 0.928. The number of Topliss-reactive ketones (excluding diaryl/α,β-unsaturated/α-hetero) is 2. The molecule has 0 aromatic heterocycles. The number of hydrogen-bond acceptors (Lipinski definition) is 3. The van der Waals surface area contributed by atoms with Gasteiger partial charge in [0.2, 0.25) is 0 Å². The number of rotatable bonds is 1. The first-order valence-electron chi connectivity index (χ1n) is 9.96. The molecule has 0 aromatic rings. The van der Waals surface area contributed by atoms with Gasteiger partial charge < -0.3 is 0 Å². The fourth-order valence-electron chi connectivity index (χ4n) is 7.49. The first kappa shape index (κ1) is 17.2. The van der Waals surface area contributed by atoms with Crippen LogP contribution in [0.5, 0.6) is 0 Å². The third kappa shape index (κ3) is 2.20. The minimum Gasteiger partial charge on any atom is -0.300 e. The quantitative estimate of drug-likeness (QED) is 0.719. The van der Waals surface area contributed by atoms with Crippen LogP contribution in [0.25, 0.3) is 0 Å². The van der Waals surface area contributed by atoms with Crippen molar-refractivity contribution in [2.75, 3.05) is 0 Å². The molecule has 3 nitrogen and oxygen atoms in total. The lowest BCUT2D eigenvalue weighted by Crippen LogP contribution is -2.56. The van der Waals surface area contributed by atoms with E-state index < -0.39 is 0 Å². The van der Waals surface area contributed by atoms with Crippen LogP contribution in [0.1, 0.15) is 66.2 Å². The van der Waals surface area contributed by atoms with Crippen LogP contribution in [-0.2, 0) is 14.4 Å². The molecule has 0 bridgehead atoms. The van der Waals surface area contributed by atoms with Gasteiger partial charge in [0.25, 0.3) is 0 Å². The SMILES string of the molecule is CC(=O)[C@H]1CC[C@H]2[C@@H]3C[C@@H](C)C4=CC(=O)CC[C@]4(C)[C@H]3C(=O)C[C@]12C. The van der Waals surface area contributed by atoms with Crippen LogP contribution in [0, 0.1) is 40.4 Å². The van der Waals surface area contributed by atoms with Crippen LogP contribution >= 0.6 is 0 Å². The minimum absolute atomic E-state index is 0.0480. The summed E-state index contributed by atoms with van der Waals surface area (Å²) < 4.78 is 0. The highest BCUT2D eigenvalue weighted by molar-refractivity contribution is 5.93. The molecule has 0 radical (unpaired) electrons. The van der Waals surface area contributed by atoms with Gasteiger partial charge >= 0.3 is 0 Å². The Hall–Kier alpha value is -1.25. The highest BCUT2D eigenvalue weighted by Gasteiger charge is 2.63. The highest BCUT2D eigenvalue weighted by atomic mass is 16.1. The Labute approximate surface area is 150 Å². The normalized spacial score (nSPS) is 49.1. The Bertz CT molecular complexity index is 689. The molecule has 7 atom stereocenters. The smallest absolute Gasteiger partial charge is 0.155 e.